The molecule has 5 heteroatoms. The van der Waals surface area contributed by atoms with Crippen LogP contribution in [0.5, 0.6) is 11.5 Å². The molecule has 0 heterocycles. The molecule has 5 rings (SSSR count). The molecule has 0 radical (unpaired) electrons. The molecular formula is C49H50O5. The van der Waals surface area contributed by atoms with Crippen molar-refractivity contribution in [2.45, 2.75) is 64.7 Å². The second-order valence-corrected chi connectivity index (χ2v) is 13.0. The molecule has 0 bridgehead atoms. The van der Waals surface area contributed by atoms with Gasteiger partial charge in [0.1, 0.15) is 17.3 Å². The third kappa shape index (κ3) is 12.1. The molecule has 0 aliphatic rings. The van der Waals surface area contributed by atoms with Crippen LogP contribution in [-0.4, -0.2) is 32.4 Å². The van der Waals surface area contributed by atoms with Crippen molar-refractivity contribution in [2.75, 3.05) is 26.4 Å². The summed E-state index contributed by atoms with van der Waals surface area (Å²) in [7, 11) is 0. The van der Waals surface area contributed by atoms with E-state index in [2.05, 4.69) is 61.1 Å². The lowest BCUT2D eigenvalue weighted by atomic mass is 10.0. The fourth-order valence-corrected chi connectivity index (χ4v) is 5.96. The van der Waals surface area contributed by atoms with Crippen LogP contribution in [0.2, 0.25) is 0 Å². The van der Waals surface area contributed by atoms with Crippen molar-refractivity contribution >= 4 is 27.5 Å². The molecule has 5 aromatic rings. The number of ether oxygens (including phenoxy) is 4. The first-order valence-corrected chi connectivity index (χ1v) is 19.1. The molecule has 0 spiro atoms. The van der Waals surface area contributed by atoms with Gasteiger partial charge in [-0.3, -0.25) is 4.79 Å². The number of benzene rings is 5. The first kappa shape index (κ1) is 39.3. The molecule has 0 unspecified atom stereocenters. The van der Waals surface area contributed by atoms with Crippen molar-refractivity contribution in [3.05, 3.63) is 144 Å². The van der Waals surface area contributed by atoms with Crippen LogP contribution in [0.4, 0.5) is 0 Å². The summed E-state index contributed by atoms with van der Waals surface area (Å²) >= 11 is 0. The normalized spacial score (nSPS) is 10.5. The van der Waals surface area contributed by atoms with Crippen LogP contribution < -0.4 is 9.47 Å². The number of carbonyl (C=O) groups is 1. The van der Waals surface area contributed by atoms with Crippen molar-refractivity contribution in [3.63, 3.8) is 0 Å². The summed E-state index contributed by atoms with van der Waals surface area (Å²) in [5.74, 6) is 15.7. The first-order valence-electron chi connectivity index (χ1n) is 19.1. The third-order valence-corrected chi connectivity index (χ3v) is 9.00. The van der Waals surface area contributed by atoms with E-state index in [1.165, 1.54) is 0 Å². The zero-order valence-corrected chi connectivity index (χ0v) is 31.5. The van der Waals surface area contributed by atoms with E-state index < -0.39 is 0 Å². The molecule has 0 saturated carbocycles. The third-order valence-electron chi connectivity index (χ3n) is 9.00. The Hall–Kier alpha value is -5.91. The Bertz CT molecular complexity index is 2140. The number of fused-ring (bicyclic) bond motifs is 2. The largest absolute Gasteiger partial charge is 0.494 e. The van der Waals surface area contributed by atoms with Gasteiger partial charge in [0, 0.05) is 50.2 Å². The lowest BCUT2D eigenvalue weighted by molar-refractivity contribution is -0.143. The number of rotatable bonds is 19. The minimum absolute atomic E-state index is 0.135. The molecule has 0 N–H and O–H groups in total. The lowest BCUT2D eigenvalue weighted by Gasteiger charge is -2.11. The van der Waals surface area contributed by atoms with E-state index in [4.69, 9.17) is 18.9 Å². The summed E-state index contributed by atoms with van der Waals surface area (Å²) in [6.45, 7) is 11.7. The first-order chi connectivity index (χ1) is 26.6. The van der Waals surface area contributed by atoms with E-state index in [1.54, 1.807) is 6.08 Å². The van der Waals surface area contributed by atoms with Crippen molar-refractivity contribution in [1.82, 2.24) is 0 Å². The second kappa shape index (κ2) is 21.6. The van der Waals surface area contributed by atoms with Crippen LogP contribution in [0, 0.1) is 23.7 Å². The number of allylic oxidation sites excluding steroid dienone is 1. The van der Waals surface area contributed by atoms with Crippen LogP contribution in [0.1, 0.15) is 87.0 Å². The van der Waals surface area contributed by atoms with Gasteiger partial charge in [-0.15, -0.1) is 0 Å². The molecule has 276 valence electrons. The SMILES string of the molecule is C=CC(=C)OCCCCCCOc1ccc(C#Cc2ccc(C#Cc3ccc(OCCCCCCOC(=O)CC)c4ccccc34)cc2)c2ccccc12. The van der Waals surface area contributed by atoms with Crippen LogP contribution in [0.25, 0.3) is 21.5 Å². The van der Waals surface area contributed by atoms with Gasteiger partial charge in [-0.2, -0.15) is 0 Å². The van der Waals surface area contributed by atoms with Gasteiger partial charge in [-0.25, -0.2) is 0 Å². The Morgan fingerprint density at radius 3 is 1.41 bits per heavy atom. The smallest absolute Gasteiger partial charge is 0.305 e. The summed E-state index contributed by atoms with van der Waals surface area (Å²) in [6, 6.07) is 32.7. The Labute approximate surface area is 321 Å². The summed E-state index contributed by atoms with van der Waals surface area (Å²) in [6.07, 6.45) is 10.1. The fourth-order valence-electron chi connectivity index (χ4n) is 5.96. The zero-order chi connectivity index (χ0) is 37.8. The highest BCUT2D eigenvalue weighted by Gasteiger charge is 2.07. The van der Waals surface area contributed by atoms with Crippen molar-refractivity contribution in [3.8, 4) is 35.2 Å². The average molecular weight is 719 g/mol. The van der Waals surface area contributed by atoms with Gasteiger partial charge in [0.05, 0.1) is 26.4 Å². The van der Waals surface area contributed by atoms with E-state index in [9.17, 15) is 4.79 Å². The van der Waals surface area contributed by atoms with Gasteiger partial charge in [0.25, 0.3) is 0 Å². The molecule has 5 aromatic carbocycles. The Kier molecular flexibility index (Phi) is 15.7. The molecule has 0 aromatic heterocycles. The highest BCUT2D eigenvalue weighted by Crippen LogP contribution is 2.30. The van der Waals surface area contributed by atoms with E-state index in [-0.39, 0.29) is 5.97 Å². The molecule has 0 atom stereocenters. The zero-order valence-electron chi connectivity index (χ0n) is 31.5. The van der Waals surface area contributed by atoms with Crippen LogP contribution in [0.3, 0.4) is 0 Å². The minimum atomic E-state index is -0.135. The van der Waals surface area contributed by atoms with Crippen molar-refractivity contribution in [1.29, 1.82) is 0 Å². The Balaban J connectivity index is 1.14. The highest BCUT2D eigenvalue weighted by atomic mass is 16.5. The maximum atomic E-state index is 11.3. The Morgan fingerprint density at radius 1 is 0.537 bits per heavy atom. The number of esters is 1. The van der Waals surface area contributed by atoms with E-state index in [0.717, 1.165) is 107 Å². The molecular weight excluding hydrogens is 669 g/mol. The molecule has 5 nitrogen and oxygen atoms in total. The van der Waals surface area contributed by atoms with E-state index in [0.29, 0.717) is 38.6 Å². The predicted molar refractivity (Wildman–Crippen MR) is 221 cm³/mol. The minimum Gasteiger partial charge on any atom is -0.494 e. The number of hydrogen-bond acceptors (Lipinski definition) is 5. The maximum absolute atomic E-state index is 11.3. The number of carbonyl (C=O) groups excluding carboxylic acids is 1. The van der Waals surface area contributed by atoms with E-state index >= 15 is 0 Å². The fraction of sp³-hybridized carbons (Fsp3) is 0.286. The molecule has 0 fully saturated rings. The standard InChI is InChI=1S/C49H50O5/c1-4-38(3)51-34-14-6-7-15-35-52-47-32-30-41(43-18-10-12-20-45(43)47)28-26-39-22-24-40(25-23-39)27-29-42-31-33-48(46-21-13-11-19-44(42)46)53-36-16-8-9-17-37-54-49(50)5-2/h4,10-13,18-25,30-33H,1,3,5-9,14-17,34-37H2,2H3. The number of unbranched alkanes of at least 4 members (excludes halogenated alkanes) is 6. The number of hydrogen-bond donors (Lipinski definition) is 0. The van der Waals surface area contributed by atoms with Gasteiger partial charge >= 0.3 is 5.97 Å². The maximum Gasteiger partial charge on any atom is 0.305 e. The second-order valence-electron chi connectivity index (χ2n) is 13.0. The van der Waals surface area contributed by atoms with Gasteiger partial charge in [0.2, 0.25) is 0 Å². The molecule has 0 aliphatic carbocycles. The topological polar surface area (TPSA) is 54.0 Å². The summed E-state index contributed by atoms with van der Waals surface area (Å²) in [5.41, 5.74) is 3.78. The van der Waals surface area contributed by atoms with Gasteiger partial charge in [0.15, 0.2) is 0 Å². The van der Waals surface area contributed by atoms with Gasteiger partial charge in [-0.05, 0) is 106 Å². The monoisotopic (exact) mass is 718 g/mol. The van der Waals surface area contributed by atoms with Crippen molar-refractivity contribution in [2.24, 2.45) is 0 Å². The lowest BCUT2D eigenvalue weighted by Crippen LogP contribution is -2.04. The highest BCUT2D eigenvalue weighted by molar-refractivity contribution is 5.94. The van der Waals surface area contributed by atoms with Gasteiger partial charge < -0.3 is 18.9 Å². The molecule has 54 heavy (non-hydrogen) atoms. The average Bonchev–Trinajstić information content (AvgIpc) is 3.21. The van der Waals surface area contributed by atoms with Crippen LogP contribution in [0.15, 0.2) is 122 Å². The van der Waals surface area contributed by atoms with E-state index in [1.807, 2.05) is 79.7 Å². The van der Waals surface area contributed by atoms with Crippen LogP contribution >= 0.6 is 0 Å². The summed E-state index contributed by atoms with van der Waals surface area (Å²) < 4.78 is 23.0. The van der Waals surface area contributed by atoms with Gasteiger partial charge in [-0.1, -0.05) is 92.3 Å². The van der Waals surface area contributed by atoms with Crippen LogP contribution in [-0.2, 0) is 14.3 Å². The molecule has 0 aliphatic heterocycles. The summed E-state index contributed by atoms with van der Waals surface area (Å²) in [4.78, 5) is 11.3. The Morgan fingerprint density at radius 2 is 0.963 bits per heavy atom. The van der Waals surface area contributed by atoms with Crippen molar-refractivity contribution < 1.29 is 23.7 Å². The molecule has 0 amide bonds. The quantitative estimate of drug-likeness (QED) is 0.0280. The predicted octanol–water partition coefficient (Wildman–Crippen LogP) is 11.3. The summed E-state index contributed by atoms with van der Waals surface area (Å²) in [5, 5.41) is 4.27. The molecule has 0 saturated heterocycles.